The van der Waals surface area contributed by atoms with E-state index < -0.39 is 0 Å². The number of hydrogen-bond acceptors (Lipinski definition) is 5. The summed E-state index contributed by atoms with van der Waals surface area (Å²) in [5.41, 5.74) is 3.21. The normalized spacial score (nSPS) is 14.2. The van der Waals surface area contributed by atoms with Gasteiger partial charge >= 0.3 is 0 Å². The summed E-state index contributed by atoms with van der Waals surface area (Å²) in [5.74, 6) is 1.27. The highest BCUT2D eigenvalue weighted by atomic mass is 127. The molecule has 0 atom stereocenters. The molecule has 0 aromatic heterocycles. The molecule has 1 aliphatic heterocycles. The van der Waals surface area contributed by atoms with Gasteiger partial charge in [0.15, 0.2) is 5.96 Å². The van der Waals surface area contributed by atoms with E-state index in [0.717, 1.165) is 56.5 Å². The highest BCUT2D eigenvalue weighted by molar-refractivity contribution is 14.0. The number of halogens is 1. The van der Waals surface area contributed by atoms with Crippen LogP contribution in [0.3, 0.4) is 0 Å². The van der Waals surface area contributed by atoms with Crippen LogP contribution in [0.25, 0.3) is 0 Å². The van der Waals surface area contributed by atoms with Crippen molar-refractivity contribution in [1.82, 2.24) is 10.2 Å². The Morgan fingerprint density at radius 2 is 1.70 bits per heavy atom. The van der Waals surface area contributed by atoms with Gasteiger partial charge in [-0.15, -0.1) is 24.0 Å². The van der Waals surface area contributed by atoms with Crippen LogP contribution in [0, 0.1) is 0 Å². The molecule has 1 aliphatic rings. The third-order valence-corrected chi connectivity index (χ3v) is 5.38. The lowest BCUT2D eigenvalue weighted by molar-refractivity contribution is 0.0453. The molecule has 0 aliphatic carbocycles. The number of para-hydroxylation sites is 2. The first kappa shape index (κ1) is 27.2. The van der Waals surface area contributed by atoms with E-state index in [9.17, 15) is 5.11 Å². The fourth-order valence-electron chi connectivity index (χ4n) is 3.75. The first-order valence-corrected chi connectivity index (χ1v) is 11.5. The van der Waals surface area contributed by atoms with Crippen molar-refractivity contribution in [3.63, 3.8) is 0 Å². The minimum atomic E-state index is 0. The summed E-state index contributed by atoms with van der Waals surface area (Å²) < 4.78 is 11.0. The summed E-state index contributed by atoms with van der Waals surface area (Å²) >= 11 is 0. The number of aromatic hydroxyl groups is 1. The van der Waals surface area contributed by atoms with Gasteiger partial charge in [0.25, 0.3) is 0 Å². The molecule has 0 bridgehead atoms. The number of anilines is 1. The number of hydrogen-bond donors (Lipinski definition) is 2. The number of phenolic OH excluding ortho intramolecular Hbond substituents is 1. The summed E-state index contributed by atoms with van der Waals surface area (Å²) in [6, 6.07) is 15.9. The van der Waals surface area contributed by atoms with Gasteiger partial charge in [-0.05, 0) is 37.1 Å². The van der Waals surface area contributed by atoms with E-state index in [-0.39, 0.29) is 24.0 Å². The average molecular weight is 569 g/mol. The van der Waals surface area contributed by atoms with E-state index in [2.05, 4.69) is 46.3 Å². The van der Waals surface area contributed by atoms with Crippen molar-refractivity contribution in [3.8, 4) is 5.75 Å². The molecule has 8 heteroatoms. The molecular formula is C25H37IN4O3. The second kappa shape index (κ2) is 15.0. The number of nitrogens with one attached hydrogen (secondary N) is 1. The van der Waals surface area contributed by atoms with Gasteiger partial charge in [0.2, 0.25) is 0 Å². The van der Waals surface area contributed by atoms with Gasteiger partial charge < -0.3 is 29.7 Å². The molecule has 2 aromatic rings. The zero-order chi connectivity index (χ0) is 22.6. The van der Waals surface area contributed by atoms with Crippen molar-refractivity contribution in [2.75, 3.05) is 57.4 Å². The molecule has 0 radical (unpaired) electrons. The van der Waals surface area contributed by atoms with Gasteiger partial charge in [-0.25, -0.2) is 4.99 Å². The summed E-state index contributed by atoms with van der Waals surface area (Å²) in [4.78, 5) is 9.41. The van der Waals surface area contributed by atoms with E-state index in [1.165, 1.54) is 5.56 Å². The Kier molecular flexibility index (Phi) is 12.3. The number of ether oxygens (including phenoxy) is 2. The lowest BCUT2D eigenvalue weighted by atomic mass is 10.1. The van der Waals surface area contributed by atoms with Crippen LogP contribution < -0.4 is 10.2 Å². The van der Waals surface area contributed by atoms with Crippen LogP contribution in [0.1, 0.15) is 25.0 Å². The number of phenols is 1. The number of guanidine groups is 1. The summed E-state index contributed by atoms with van der Waals surface area (Å²) in [5, 5.41) is 13.6. The smallest absolute Gasteiger partial charge is 0.194 e. The Bertz CT molecular complexity index is 857. The fraction of sp³-hybridized carbons (Fsp3) is 0.480. The summed E-state index contributed by atoms with van der Waals surface area (Å²) in [7, 11) is 0. The molecule has 33 heavy (non-hydrogen) atoms. The van der Waals surface area contributed by atoms with E-state index in [1.54, 1.807) is 6.07 Å². The number of aliphatic imine (C=N–C) groups is 1. The zero-order valence-electron chi connectivity index (χ0n) is 19.7. The molecular weight excluding hydrogens is 531 g/mol. The quantitative estimate of drug-likeness (QED) is 0.197. The molecule has 0 saturated carbocycles. The molecule has 1 heterocycles. The molecule has 2 aromatic carbocycles. The van der Waals surface area contributed by atoms with Gasteiger partial charge in [-0.3, -0.25) is 0 Å². The Morgan fingerprint density at radius 1 is 0.970 bits per heavy atom. The van der Waals surface area contributed by atoms with Crippen LogP contribution in [0.2, 0.25) is 0 Å². The second-order valence-corrected chi connectivity index (χ2v) is 7.70. The van der Waals surface area contributed by atoms with Crippen molar-refractivity contribution in [2.24, 2.45) is 4.99 Å². The third kappa shape index (κ3) is 8.68. The Hall–Kier alpha value is -2.04. The number of nitrogens with zero attached hydrogens (tertiary/aromatic N) is 3. The molecule has 182 valence electrons. The van der Waals surface area contributed by atoms with Crippen LogP contribution in [-0.4, -0.2) is 68.5 Å². The Labute approximate surface area is 214 Å². The molecule has 1 fully saturated rings. The van der Waals surface area contributed by atoms with Crippen molar-refractivity contribution in [2.45, 2.75) is 27.0 Å². The average Bonchev–Trinajstić information content (AvgIpc) is 2.82. The standard InChI is InChI=1S/C25H36N4O3.HI/c1-3-26-25(29-14-12-28(13-15-29)23-10-5-6-11-24(23)30)27-19-21-8-7-9-22(18-21)20-32-17-16-31-4-2;/h5-11,18,30H,3-4,12-17,19-20H2,1-2H3,(H,26,27);1H. The minimum absolute atomic E-state index is 0. The predicted molar refractivity (Wildman–Crippen MR) is 145 cm³/mol. The van der Waals surface area contributed by atoms with Crippen LogP contribution in [0.4, 0.5) is 5.69 Å². The molecule has 0 spiro atoms. The van der Waals surface area contributed by atoms with Crippen molar-refractivity contribution in [1.29, 1.82) is 0 Å². The minimum Gasteiger partial charge on any atom is -0.506 e. The van der Waals surface area contributed by atoms with E-state index in [0.29, 0.717) is 32.1 Å². The molecule has 1 saturated heterocycles. The van der Waals surface area contributed by atoms with E-state index in [1.807, 2.05) is 25.1 Å². The van der Waals surface area contributed by atoms with Gasteiger partial charge in [0.05, 0.1) is 32.1 Å². The highest BCUT2D eigenvalue weighted by Crippen LogP contribution is 2.27. The van der Waals surface area contributed by atoms with E-state index in [4.69, 9.17) is 14.5 Å². The highest BCUT2D eigenvalue weighted by Gasteiger charge is 2.21. The first-order valence-electron chi connectivity index (χ1n) is 11.5. The van der Waals surface area contributed by atoms with E-state index >= 15 is 0 Å². The molecule has 3 rings (SSSR count). The second-order valence-electron chi connectivity index (χ2n) is 7.70. The molecule has 0 amide bonds. The first-order chi connectivity index (χ1) is 15.7. The molecule has 0 unspecified atom stereocenters. The van der Waals surface area contributed by atoms with Crippen LogP contribution in [0.5, 0.6) is 5.75 Å². The fourth-order valence-corrected chi connectivity index (χ4v) is 3.75. The van der Waals surface area contributed by atoms with Gasteiger partial charge in [0.1, 0.15) is 5.75 Å². The van der Waals surface area contributed by atoms with Gasteiger partial charge in [-0.1, -0.05) is 36.4 Å². The van der Waals surface area contributed by atoms with Crippen LogP contribution in [-0.2, 0) is 22.6 Å². The SMILES string of the molecule is CCNC(=NCc1cccc(COCCOCC)c1)N1CCN(c2ccccc2O)CC1.I. The molecule has 7 nitrogen and oxygen atoms in total. The maximum Gasteiger partial charge on any atom is 0.194 e. The Morgan fingerprint density at radius 3 is 2.42 bits per heavy atom. The number of rotatable bonds is 10. The maximum atomic E-state index is 10.1. The topological polar surface area (TPSA) is 69.6 Å². The van der Waals surface area contributed by atoms with Gasteiger partial charge in [-0.2, -0.15) is 0 Å². The lowest BCUT2D eigenvalue weighted by Gasteiger charge is -2.37. The lowest BCUT2D eigenvalue weighted by Crippen LogP contribution is -2.52. The van der Waals surface area contributed by atoms with Crippen LogP contribution in [0.15, 0.2) is 53.5 Å². The van der Waals surface area contributed by atoms with Crippen molar-refractivity contribution >= 4 is 35.6 Å². The number of piperazine rings is 1. The molecule has 2 N–H and O–H groups in total. The monoisotopic (exact) mass is 568 g/mol. The summed E-state index contributed by atoms with van der Waals surface area (Å²) in [6.45, 7) is 11.5. The Balaban J connectivity index is 0.00000385. The van der Waals surface area contributed by atoms with Gasteiger partial charge in [0, 0.05) is 39.3 Å². The maximum absolute atomic E-state index is 10.1. The van der Waals surface area contributed by atoms with Crippen molar-refractivity contribution in [3.05, 3.63) is 59.7 Å². The summed E-state index contributed by atoms with van der Waals surface area (Å²) in [6.07, 6.45) is 0. The third-order valence-electron chi connectivity index (χ3n) is 5.38. The predicted octanol–water partition coefficient (Wildman–Crippen LogP) is 3.85. The van der Waals surface area contributed by atoms with Crippen molar-refractivity contribution < 1.29 is 14.6 Å². The van der Waals surface area contributed by atoms with Crippen LogP contribution >= 0.6 is 24.0 Å². The largest absolute Gasteiger partial charge is 0.506 e. The zero-order valence-corrected chi connectivity index (χ0v) is 22.0. The number of benzene rings is 2.